The second-order valence-electron chi connectivity index (χ2n) is 11.2. The van der Waals surface area contributed by atoms with E-state index in [2.05, 4.69) is 27.7 Å². The van der Waals surface area contributed by atoms with Gasteiger partial charge in [-0.1, -0.05) is 36.4 Å². The fraction of sp³-hybridized carbons (Fsp3) is 0.533. The number of hydrogen-bond acceptors (Lipinski definition) is 4. The van der Waals surface area contributed by atoms with Crippen LogP contribution in [0, 0.1) is 0 Å². The van der Waals surface area contributed by atoms with Gasteiger partial charge in [0.05, 0.1) is 11.2 Å². The molecule has 36 heavy (non-hydrogen) atoms. The third-order valence-corrected chi connectivity index (χ3v) is 7.37. The van der Waals surface area contributed by atoms with Crippen LogP contribution in [0.25, 0.3) is 0 Å². The minimum absolute atomic E-state index is 0.0118. The molecule has 2 heterocycles. The Morgan fingerprint density at radius 2 is 1.06 bits per heavy atom. The SMILES string of the molecule is CC1(C)C[C@H](N(CCN(C(=O)c2ccccc2)[C@@H]2CCOC(C)(C)C2)C(=O)c2ccccc2)CCO1. The number of carbonyl (C=O) groups excluding carboxylic acids is 2. The highest BCUT2D eigenvalue weighted by atomic mass is 16.5. The van der Waals surface area contributed by atoms with Gasteiger partial charge in [0.2, 0.25) is 0 Å². The molecule has 2 saturated heterocycles. The van der Waals surface area contributed by atoms with E-state index < -0.39 is 0 Å². The molecule has 2 aliphatic rings. The van der Waals surface area contributed by atoms with Gasteiger partial charge in [0.1, 0.15) is 0 Å². The summed E-state index contributed by atoms with van der Waals surface area (Å²) in [4.78, 5) is 31.5. The lowest BCUT2D eigenvalue weighted by atomic mass is 9.91. The zero-order valence-electron chi connectivity index (χ0n) is 22.1. The van der Waals surface area contributed by atoms with E-state index in [1.54, 1.807) is 0 Å². The summed E-state index contributed by atoms with van der Waals surface area (Å²) in [6.07, 6.45) is 3.11. The summed E-state index contributed by atoms with van der Waals surface area (Å²) in [6.45, 7) is 10.5. The third kappa shape index (κ3) is 6.54. The monoisotopic (exact) mass is 492 g/mol. The van der Waals surface area contributed by atoms with Gasteiger partial charge in [-0.05, 0) is 77.6 Å². The van der Waals surface area contributed by atoms with Crippen LogP contribution in [-0.4, -0.2) is 71.2 Å². The molecule has 2 aromatic carbocycles. The van der Waals surface area contributed by atoms with E-state index in [4.69, 9.17) is 9.47 Å². The quantitative estimate of drug-likeness (QED) is 0.534. The van der Waals surface area contributed by atoms with Crippen molar-refractivity contribution in [1.29, 1.82) is 0 Å². The molecule has 2 atom stereocenters. The average Bonchev–Trinajstić information content (AvgIpc) is 2.86. The molecule has 6 heteroatoms. The highest BCUT2D eigenvalue weighted by molar-refractivity contribution is 5.95. The van der Waals surface area contributed by atoms with Crippen LogP contribution in [0.4, 0.5) is 0 Å². The Labute approximate surface area is 215 Å². The average molecular weight is 493 g/mol. The van der Waals surface area contributed by atoms with Crippen molar-refractivity contribution in [3.63, 3.8) is 0 Å². The van der Waals surface area contributed by atoms with Crippen LogP contribution in [0.3, 0.4) is 0 Å². The number of rotatable bonds is 7. The van der Waals surface area contributed by atoms with Gasteiger partial charge in [0.15, 0.2) is 0 Å². The summed E-state index contributed by atoms with van der Waals surface area (Å²) in [5, 5.41) is 0. The zero-order chi connectivity index (χ0) is 25.8. The molecule has 0 N–H and O–H groups in total. The normalized spacial score (nSPS) is 23.0. The van der Waals surface area contributed by atoms with Crippen molar-refractivity contribution in [1.82, 2.24) is 9.80 Å². The Balaban J connectivity index is 1.60. The molecule has 0 unspecified atom stereocenters. The van der Waals surface area contributed by atoms with Gasteiger partial charge in [-0.15, -0.1) is 0 Å². The minimum Gasteiger partial charge on any atom is -0.375 e. The number of nitrogens with zero attached hydrogens (tertiary/aromatic N) is 2. The van der Waals surface area contributed by atoms with Crippen molar-refractivity contribution < 1.29 is 19.1 Å². The van der Waals surface area contributed by atoms with Gasteiger partial charge in [0, 0.05) is 49.5 Å². The summed E-state index contributed by atoms with van der Waals surface area (Å²) >= 11 is 0. The lowest BCUT2D eigenvalue weighted by Gasteiger charge is -2.44. The summed E-state index contributed by atoms with van der Waals surface area (Å²) in [5.41, 5.74) is 0.773. The predicted molar refractivity (Wildman–Crippen MR) is 141 cm³/mol. The number of benzene rings is 2. The van der Waals surface area contributed by atoms with Crippen LogP contribution in [0.15, 0.2) is 60.7 Å². The molecule has 0 bridgehead atoms. The molecule has 0 aliphatic carbocycles. The summed E-state index contributed by atoms with van der Waals surface area (Å²) in [6, 6.07) is 19.0. The van der Waals surface area contributed by atoms with E-state index in [1.807, 2.05) is 70.5 Å². The van der Waals surface area contributed by atoms with Gasteiger partial charge < -0.3 is 19.3 Å². The maximum absolute atomic E-state index is 13.7. The molecular weight excluding hydrogens is 452 g/mol. The smallest absolute Gasteiger partial charge is 0.254 e. The molecular formula is C30H40N2O4. The summed E-state index contributed by atoms with van der Waals surface area (Å²) in [5.74, 6) is 0.0236. The van der Waals surface area contributed by atoms with Gasteiger partial charge in [-0.2, -0.15) is 0 Å². The first-order valence-corrected chi connectivity index (χ1v) is 13.2. The van der Waals surface area contributed by atoms with E-state index >= 15 is 0 Å². The first-order valence-electron chi connectivity index (χ1n) is 13.2. The molecule has 4 rings (SSSR count). The van der Waals surface area contributed by atoms with Crippen molar-refractivity contribution in [2.75, 3.05) is 26.3 Å². The Bertz CT molecular complexity index is 938. The van der Waals surface area contributed by atoms with Gasteiger partial charge in [0.25, 0.3) is 11.8 Å². The highest BCUT2D eigenvalue weighted by Gasteiger charge is 2.37. The second-order valence-corrected chi connectivity index (χ2v) is 11.2. The van der Waals surface area contributed by atoms with Crippen molar-refractivity contribution in [2.24, 2.45) is 0 Å². The fourth-order valence-electron chi connectivity index (χ4n) is 5.54. The molecule has 0 saturated carbocycles. The van der Waals surface area contributed by atoms with Crippen molar-refractivity contribution >= 4 is 11.8 Å². The van der Waals surface area contributed by atoms with Gasteiger partial charge in [-0.3, -0.25) is 9.59 Å². The molecule has 6 nitrogen and oxygen atoms in total. The van der Waals surface area contributed by atoms with Crippen LogP contribution in [0.5, 0.6) is 0 Å². The van der Waals surface area contributed by atoms with E-state index in [-0.39, 0.29) is 35.1 Å². The number of ether oxygens (including phenoxy) is 2. The summed E-state index contributed by atoms with van der Waals surface area (Å²) < 4.78 is 11.9. The molecule has 2 aromatic rings. The maximum atomic E-state index is 13.7. The molecule has 2 aliphatic heterocycles. The lowest BCUT2D eigenvalue weighted by molar-refractivity contribution is -0.0848. The van der Waals surface area contributed by atoms with Crippen LogP contribution in [0.2, 0.25) is 0 Å². The fourth-order valence-corrected chi connectivity index (χ4v) is 5.54. The van der Waals surface area contributed by atoms with E-state index in [9.17, 15) is 9.59 Å². The highest BCUT2D eigenvalue weighted by Crippen LogP contribution is 2.30. The maximum Gasteiger partial charge on any atom is 0.254 e. The first-order chi connectivity index (χ1) is 17.2. The van der Waals surface area contributed by atoms with E-state index in [1.165, 1.54) is 0 Å². The molecule has 0 spiro atoms. The van der Waals surface area contributed by atoms with Crippen molar-refractivity contribution in [3.05, 3.63) is 71.8 Å². The lowest BCUT2D eigenvalue weighted by Crippen LogP contribution is -2.54. The molecule has 0 radical (unpaired) electrons. The van der Waals surface area contributed by atoms with Crippen LogP contribution in [-0.2, 0) is 9.47 Å². The second kappa shape index (κ2) is 11.1. The van der Waals surface area contributed by atoms with Crippen LogP contribution in [0.1, 0.15) is 74.1 Å². The van der Waals surface area contributed by atoms with E-state index in [0.717, 1.165) is 25.7 Å². The van der Waals surface area contributed by atoms with Gasteiger partial charge in [-0.25, -0.2) is 0 Å². The Hall–Kier alpha value is -2.70. The predicted octanol–water partition coefficient (Wildman–Crippen LogP) is 5.19. The minimum atomic E-state index is -0.289. The number of amides is 2. The standard InChI is InChI=1S/C30H40N2O4/c1-29(2)21-25(15-19-35-29)31(27(33)23-11-7-5-8-12-23)17-18-32(26-16-20-36-30(3,4)22-26)28(34)24-13-9-6-10-14-24/h5-14,25-26H,15-22H2,1-4H3/t25-,26-/m1/s1. The number of hydrogen-bond donors (Lipinski definition) is 0. The zero-order valence-corrected chi connectivity index (χ0v) is 22.1. The van der Waals surface area contributed by atoms with Crippen molar-refractivity contribution in [3.8, 4) is 0 Å². The molecule has 194 valence electrons. The van der Waals surface area contributed by atoms with Crippen LogP contribution < -0.4 is 0 Å². The largest absolute Gasteiger partial charge is 0.375 e. The Morgan fingerprint density at radius 1 is 0.694 bits per heavy atom. The first kappa shape index (κ1) is 26.4. The Morgan fingerprint density at radius 3 is 1.39 bits per heavy atom. The third-order valence-electron chi connectivity index (χ3n) is 7.37. The Kier molecular flexibility index (Phi) is 8.16. The summed E-state index contributed by atoms with van der Waals surface area (Å²) in [7, 11) is 0. The number of carbonyl (C=O) groups is 2. The topological polar surface area (TPSA) is 59.1 Å². The molecule has 2 amide bonds. The van der Waals surface area contributed by atoms with Crippen LogP contribution >= 0.6 is 0 Å². The molecule has 2 fully saturated rings. The van der Waals surface area contributed by atoms with E-state index in [0.29, 0.717) is 37.4 Å². The van der Waals surface area contributed by atoms with Gasteiger partial charge >= 0.3 is 0 Å². The molecule has 0 aromatic heterocycles. The van der Waals surface area contributed by atoms with Crippen molar-refractivity contribution in [2.45, 2.75) is 76.7 Å².